The monoisotopic (exact) mass is 318 g/mol. The lowest BCUT2D eigenvalue weighted by Crippen LogP contribution is -2.26. The Hall–Kier alpha value is -1.44. The number of alkyl halides is 1. The normalized spacial score (nSPS) is 12.5. The molecule has 1 heterocycles. The summed E-state index contributed by atoms with van der Waals surface area (Å²) in [7, 11) is 0. The van der Waals surface area contributed by atoms with E-state index < -0.39 is 12.1 Å². The molecule has 3 N–H and O–H groups in total. The Morgan fingerprint density at radius 2 is 2.30 bits per heavy atom. The summed E-state index contributed by atoms with van der Waals surface area (Å²) in [6.07, 6.45) is 2.95. The van der Waals surface area contributed by atoms with Crippen LogP contribution in [0.3, 0.4) is 0 Å². The van der Waals surface area contributed by atoms with Crippen molar-refractivity contribution in [1.82, 2.24) is 10.3 Å². The molecule has 6 nitrogen and oxygen atoms in total. The van der Waals surface area contributed by atoms with Gasteiger partial charge in [0.25, 0.3) is 0 Å². The first kappa shape index (κ1) is 16.6. The average molecular weight is 319 g/mol. The van der Waals surface area contributed by atoms with E-state index in [9.17, 15) is 14.7 Å². The maximum absolute atomic E-state index is 11.5. The number of aromatic nitrogens is 1. The zero-order valence-electron chi connectivity index (χ0n) is 10.6. The number of hydrogen-bond acceptors (Lipinski definition) is 5. The Bertz CT molecular complexity index is 490. The average Bonchev–Trinajstić information content (AvgIpc) is 2.85. The van der Waals surface area contributed by atoms with Crippen molar-refractivity contribution in [2.75, 3.05) is 5.88 Å². The summed E-state index contributed by atoms with van der Waals surface area (Å²) in [5, 5.41) is 22.7. The fraction of sp³-hybridized carbons (Fsp3) is 0.417. The molecule has 0 aliphatic rings. The van der Waals surface area contributed by atoms with Gasteiger partial charge >= 0.3 is 5.97 Å². The van der Waals surface area contributed by atoms with Crippen LogP contribution < -0.4 is 5.32 Å². The molecule has 0 aromatic carbocycles. The maximum atomic E-state index is 11.5. The lowest BCUT2D eigenvalue weighted by Gasteiger charge is -2.06. The summed E-state index contributed by atoms with van der Waals surface area (Å²) in [5.74, 6) is -0.968. The SMILES string of the molecule is O=C(CC(O)C=CCCCl)NCc1nc(C(=O)O)cs1. The van der Waals surface area contributed by atoms with Crippen LogP contribution >= 0.6 is 22.9 Å². The predicted octanol–water partition coefficient (Wildman–Crippen LogP) is 1.39. The highest BCUT2D eigenvalue weighted by Crippen LogP contribution is 2.09. The van der Waals surface area contributed by atoms with Crippen LogP contribution in [0.15, 0.2) is 17.5 Å². The molecule has 0 radical (unpaired) electrons. The molecule has 0 saturated heterocycles. The number of aliphatic hydroxyl groups excluding tert-OH is 1. The van der Waals surface area contributed by atoms with E-state index in [0.29, 0.717) is 17.3 Å². The Morgan fingerprint density at radius 3 is 2.90 bits per heavy atom. The lowest BCUT2D eigenvalue weighted by molar-refractivity contribution is -0.122. The van der Waals surface area contributed by atoms with E-state index in [4.69, 9.17) is 16.7 Å². The van der Waals surface area contributed by atoms with E-state index >= 15 is 0 Å². The predicted molar refractivity (Wildman–Crippen MR) is 76.0 cm³/mol. The molecule has 8 heteroatoms. The first-order valence-corrected chi connectivity index (χ1v) is 7.29. The number of thiazole rings is 1. The molecule has 1 aromatic rings. The molecule has 1 atom stereocenters. The van der Waals surface area contributed by atoms with Crippen molar-refractivity contribution in [2.24, 2.45) is 0 Å². The fourth-order valence-electron chi connectivity index (χ4n) is 1.31. The van der Waals surface area contributed by atoms with Crippen molar-refractivity contribution >= 4 is 34.8 Å². The lowest BCUT2D eigenvalue weighted by atomic mass is 10.2. The van der Waals surface area contributed by atoms with Gasteiger partial charge in [0, 0.05) is 11.3 Å². The highest BCUT2D eigenvalue weighted by atomic mass is 35.5. The molecular formula is C12H15ClN2O4S. The van der Waals surface area contributed by atoms with Gasteiger partial charge in [-0.3, -0.25) is 4.79 Å². The molecule has 0 aliphatic heterocycles. The van der Waals surface area contributed by atoms with Crippen molar-refractivity contribution in [3.63, 3.8) is 0 Å². The van der Waals surface area contributed by atoms with Crippen molar-refractivity contribution < 1.29 is 19.8 Å². The van der Waals surface area contributed by atoms with Crippen LogP contribution in [0.2, 0.25) is 0 Å². The third kappa shape index (κ3) is 6.14. The molecule has 1 unspecified atom stereocenters. The Morgan fingerprint density at radius 1 is 1.55 bits per heavy atom. The van der Waals surface area contributed by atoms with Crippen LogP contribution in [0.5, 0.6) is 0 Å². The first-order valence-electron chi connectivity index (χ1n) is 5.88. The number of carbonyl (C=O) groups excluding carboxylic acids is 1. The van der Waals surface area contributed by atoms with Crippen LogP contribution in [0.1, 0.15) is 28.3 Å². The summed E-state index contributed by atoms with van der Waals surface area (Å²) in [6, 6.07) is 0. The summed E-state index contributed by atoms with van der Waals surface area (Å²) < 4.78 is 0. The molecule has 0 spiro atoms. The van der Waals surface area contributed by atoms with Crippen LogP contribution in [-0.2, 0) is 11.3 Å². The molecule has 0 bridgehead atoms. The van der Waals surface area contributed by atoms with Crippen molar-refractivity contribution in [3.8, 4) is 0 Å². The zero-order valence-corrected chi connectivity index (χ0v) is 12.2. The van der Waals surface area contributed by atoms with Gasteiger partial charge in [-0.2, -0.15) is 0 Å². The van der Waals surface area contributed by atoms with Gasteiger partial charge in [-0.15, -0.1) is 22.9 Å². The molecule has 1 amide bonds. The number of carboxylic acid groups (broad SMARTS) is 1. The number of carboxylic acids is 1. The molecular weight excluding hydrogens is 304 g/mol. The summed E-state index contributed by atoms with van der Waals surface area (Å²) in [5.41, 5.74) is -0.0386. The van der Waals surface area contributed by atoms with E-state index in [1.807, 2.05) is 0 Å². The van der Waals surface area contributed by atoms with E-state index in [1.165, 1.54) is 11.5 Å². The molecule has 20 heavy (non-hydrogen) atoms. The minimum absolute atomic E-state index is 0.0386. The van der Waals surface area contributed by atoms with Gasteiger partial charge in [-0.25, -0.2) is 9.78 Å². The fourth-order valence-corrected chi connectivity index (χ4v) is 2.14. The summed E-state index contributed by atoms with van der Waals surface area (Å²) >= 11 is 6.63. The topological polar surface area (TPSA) is 99.5 Å². The van der Waals surface area contributed by atoms with Crippen molar-refractivity contribution in [2.45, 2.75) is 25.5 Å². The second-order valence-electron chi connectivity index (χ2n) is 3.89. The third-order valence-corrected chi connectivity index (χ3v) is 3.30. The molecule has 0 aliphatic carbocycles. The van der Waals surface area contributed by atoms with Gasteiger partial charge in [-0.05, 0) is 6.42 Å². The Kier molecular flexibility index (Phi) is 7.21. The number of carbonyl (C=O) groups is 2. The van der Waals surface area contributed by atoms with E-state index in [2.05, 4.69) is 10.3 Å². The number of amides is 1. The van der Waals surface area contributed by atoms with Gasteiger partial charge in [-0.1, -0.05) is 12.2 Å². The van der Waals surface area contributed by atoms with E-state index in [1.54, 1.807) is 6.08 Å². The zero-order chi connectivity index (χ0) is 15.0. The number of aromatic carboxylic acids is 1. The number of nitrogens with one attached hydrogen (secondary N) is 1. The quantitative estimate of drug-likeness (QED) is 0.497. The highest BCUT2D eigenvalue weighted by Gasteiger charge is 2.11. The minimum Gasteiger partial charge on any atom is -0.476 e. The van der Waals surface area contributed by atoms with Crippen molar-refractivity contribution in [3.05, 3.63) is 28.2 Å². The minimum atomic E-state index is -1.10. The van der Waals surface area contributed by atoms with E-state index in [-0.39, 0.29) is 24.6 Å². The van der Waals surface area contributed by atoms with Crippen LogP contribution in [0.25, 0.3) is 0 Å². The van der Waals surface area contributed by atoms with Gasteiger partial charge in [0.05, 0.1) is 19.1 Å². The smallest absolute Gasteiger partial charge is 0.355 e. The van der Waals surface area contributed by atoms with Gasteiger partial charge in [0.1, 0.15) is 5.01 Å². The number of halogens is 1. The van der Waals surface area contributed by atoms with Crippen molar-refractivity contribution in [1.29, 1.82) is 0 Å². The number of allylic oxidation sites excluding steroid dienone is 1. The number of aliphatic hydroxyl groups is 1. The molecule has 1 aromatic heterocycles. The number of hydrogen-bond donors (Lipinski definition) is 3. The van der Waals surface area contributed by atoms with Gasteiger partial charge < -0.3 is 15.5 Å². The standard InChI is InChI=1S/C12H15ClN2O4S/c13-4-2-1-3-8(16)5-10(17)14-6-11-15-9(7-20-11)12(18)19/h1,3,7-8,16H,2,4-6H2,(H,14,17)(H,18,19). The van der Waals surface area contributed by atoms with Crippen LogP contribution in [0, 0.1) is 0 Å². The Balaban J connectivity index is 2.33. The molecule has 0 saturated carbocycles. The van der Waals surface area contributed by atoms with Crippen LogP contribution in [0.4, 0.5) is 0 Å². The molecule has 110 valence electrons. The highest BCUT2D eigenvalue weighted by molar-refractivity contribution is 7.09. The number of rotatable bonds is 8. The second kappa shape index (κ2) is 8.68. The van der Waals surface area contributed by atoms with Gasteiger partial charge in [0.15, 0.2) is 5.69 Å². The molecule has 1 rings (SSSR count). The largest absolute Gasteiger partial charge is 0.476 e. The maximum Gasteiger partial charge on any atom is 0.355 e. The summed E-state index contributed by atoms with van der Waals surface area (Å²) in [4.78, 5) is 26.0. The van der Waals surface area contributed by atoms with E-state index in [0.717, 1.165) is 11.3 Å². The Labute approximate surface area is 125 Å². The number of nitrogens with zero attached hydrogens (tertiary/aromatic N) is 1. The molecule has 0 fully saturated rings. The third-order valence-electron chi connectivity index (χ3n) is 2.24. The summed E-state index contributed by atoms with van der Waals surface area (Å²) in [6.45, 7) is 0.148. The first-order chi connectivity index (χ1) is 9.52. The van der Waals surface area contributed by atoms with Crippen LogP contribution in [-0.4, -0.2) is 39.1 Å². The second-order valence-corrected chi connectivity index (χ2v) is 5.21. The van der Waals surface area contributed by atoms with Gasteiger partial charge in [0.2, 0.25) is 5.91 Å².